The zero-order chi connectivity index (χ0) is 18.9. The molecule has 1 saturated heterocycles. The summed E-state index contributed by atoms with van der Waals surface area (Å²) in [5, 5.41) is 20.6. The Morgan fingerprint density at radius 2 is 1.96 bits per heavy atom. The molecular weight excluding hydrogens is 362 g/mol. The summed E-state index contributed by atoms with van der Waals surface area (Å²) in [5.74, 6) is 1.19. The molecule has 5 unspecified atom stereocenters. The fraction of sp³-hybridized carbons (Fsp3) is 0.529. The van der Waals surface area contributed by atoms with Gasteiger partial charge in [0.25, 0.3) is 0 Å². The number of nitrogens with zero attached hydrogens (tertiary/aromatic N) is 1. The van der Waals surface area contributed by atoms with Crippen LogP contribution in [0.5, 0.6) is 11.5 Å². The second-order valence-corrected chi connectivity index (χ2v) is 8.27. The van der Waals surface area contributed by atoms with Crippen LogP contribution in [0.15, 0.2) is 24.3 Å². The predicted octanol–water partition coefficient (Wildman–Crippen LogP) is 0.545. The van der Waals surface area contributed by atoms with Crippen LogP contribution in [0.25, 0.3) is 0 Å². The molecule has 0 radical (unpaired) electrons. The van der Waals surface area contributed by atoms with Crippen LogP contribution in [0.2, 0.25) is 0 Å². The first-order chi connectivity index (χ1) is 12.1. The van der Waals surface area contributed by atoms with Crippen LogP contribution >= 0.6 is 0 Å². The molecule has 4 N–H and O–H groups in total. The molecule has 0 saturated carbocycles. The highest BCUT2D eigenvalue weighted by Crippen LogP contribution is 2.62. The lowest BCUT2D eigenvalue weighted by molar-refractivity contribution is -0.0453. The number of aromatic hydroxyl groups is 1. The number of ether oxygens (including phenoxy) is 1. The third kappa shape index (κ3) is 2.46. The first-order valence-electron chi connectivity index (χ1n) is 8.41. The van der Waals surface area contributed by atoms with Gasteiger partial charge in [0.2, 0.25) is 0 Å². The molecule has 26 heavy (non-hydrogen) atoms. The number of likely N-dealkylation sites (N-methyl/N-ethyl adjacent to an activating group) is 1. The number of likely N-dealkylation sites (tertiary alicyclic amines) is 1. The summed E-state index contributed by atoms with van der Waals surface area (Å²) < 4.78 is 37.7. The first-order valence-corrected chi connectivity index (χ1v) is 9.81. The van der Waals surface area contributed by atoms with E-state index in [0.717, 1.165) is 19.4 Å². The Labute approximate surface area is 151 Å². The van der Waals surface area contributed by atoms with Crippen LogP contribution in [0.4, 0.5) is 0 Å². The number of benzene rings is 1. The largest absolute Gasteiger partial charge is 0.504 e. The molecule has 8 nitrogen and oxygen atoms in total. The van der Waals surface area contributed by atoms with E-state index in [-0.39, 0.29) is 17.3 Å². The molecule has 142 valence electrons. The van der Waals surface area contributed by atoms with Crippen LogP contribution in [-0.2, 0) is 22.2 Å². The topological polar surface area (TPSA) is 128 Å². The third-order valence-corrected chi connectivity index (χ3v) is 6.15. The molecule has 1 fully saturated rings. The molecule has 1 aromatic carbocycles. The van der Waals surface area contributed by atoms with Crippen LogP contribution in [0, 0.1) is 5.92 Å². The van der Waals surface area contributed by atoms with E-state index in [1.165, 1.54) is 11.1 Å². The minimum atomic E-state index is -4.67. The SMILES string of the molecule is CN1CCC23c4c5ccc(O)c4OC2C(O)C=CC3C1C5.O=S(=O)(O)O. The van der Waals surface area contributed by atoms with Crippen molar-refractivity contribution in [1.29, 1.82) is 0 Å². The van der Waals surface area contributed by atoms with Gasteiger partial charge in [0.15, 0.2) is 11.5 Å². The smallest absolute Gasteiger partial charge is 0.394 e. The molecule has 1 aromatic rings. The minimum absolute atomic E-state index is 0.160. The second-order valence-electron chi connectivity index (χ2n) is 7.38. The lowest BCUT2D eigenvalue weighted by Gasteiger charge is -2.56. The number of aliphatic hydroxyl groups is 1. The molecule has 2 aliphatic heterocycles. The summed E-state index contributed by atoms with van der Waals surface area (Å²) in [5.41, 5.74) is 2.29. The fourth-order valence-corrected chi connectivity index (χ4v) is 5.24. The van der Waals surface area contributed by atoms with E-state index in [2.05, 4.69) is 18.0 Å². The second kappa shape index (κ2) is 5.67. The Morgan fingerprint density at radius 3 is 2.65 bits per heavy atom. The van der Waals surface area contributed by atoms with Crippen molar-refractivity contribution in [3.63, 3.8) is 0 Å². The maximum atomic E-state index is 10.4. The van der Waals surface area contributed by atoms with Crippen molar-refractivity contribution in [3.8, 4) is 11.5 Å². The van der Waals surface area contributed by atoms with E-state index >= 15 is 0 Å². The molecule has 9 heteroatoms. The Morgan fingerprint density at radius 1 is 1.27 bits per heavy atom. The molecule has 0 amide bonds. The van der Waals surface area contributed by atoms with Crippen molar-refractivity contribution in [2.45, 2.75) is 36.5 Å². The van der Waals surface area contributed by atoms with Crippen molar-refractivity contribution in [2.75, 3.05) is 13.6 Å². The normalized spacial score (nSPS) is 36.6. The number of aliphatic hydroxyl groups excluding tert-OH is 1. The van der Waals surface area contributed by atoms with E-state index in [9.17, 15) is 10.2 Å². The highest BCUT2D eigenvalue weighted by Gasteiger charge is 2.64. The maximum Gasteiger partial charge on any atom is 0.394 e. The van der Waals surface area contributed by atoms with Gasteiger partial charge in [-0.3, -0.25) is 9.11 Å². The Balaban J connectivity index is 0.000000301. The summed E-state index contributed by atoms with van der Waals surface area (Å²) >= 11 is 0. The number of rotatable bonds is 0. The van der Waals surface area contributed by atoms with E-state index in [1.54, 1.807) is 6.07 Å². The molecule has 2 bridgehead atoms. The summed E-state index contributed by atoms with van der Waals surface area (Å²) in [6, 6.07) is 4.23. The zero-order valence-corrected chi connectivity index (χ0v) is 14.9. The van der Waals surface area contributed by atoms with Gasteiger partial charge in [-0.05, 0) is 38.1 Å². The quantitative estimate of drug-likeness (QED) is 0.378. The van der Waals surface area contributed by atoms with Crippen molar-refractivity contribution >= 4 is 10.4 Å². The zero-order valence-electron chi connectivity index (χ0n) is 14.1. The minimum Gasteiger partial charge on any atom is -0.504 e. The average Bonchev–Trinajstić information content (AvgIpc) is 2.89. The first kappa shape index (κ1) is 17.7. The van der Waals surface area contributed by atoms with Crippen LogP contribution < -0.4 is 4.74 Å². The average molecular weight is 383 g/mol. The maximum absolute atomic E-state index is 10.4. The van der Waals surface area contributed by atoms with Crippen molar-refractivity contribution in [1.82, 2.24) is 4.90 Å². The Kier molecular flexibility index (Phi) is 3.87. The molecule has 5 rings (SSSR count). The number of phenolic OH excluding ortho intramolecular Hbond substituents is 1. The monoisotopic (exact) mass is 383 g/mol. The van der Waals surface area contributed by atoms with Gasteiger partial charge in [0, 0.05) is 22.9 Å². The standard InChI is InChI=1S/C17H19NO3.H2O4S/c1-18-7-6-17-10-3-5-13(20)16(17)21-15-12(19)4-2-9(14(15)17)8-11(10)18;1-5(2,3)4/h2-5,10-11,13,16,19-20H,6-8H2,1H3;(H2,1,2,3,4). The fourth-order valence-electron chi connectivity index (χ4n) is 5.24. The van der Waals surface area contributed by atoms with Crippen LogP contribution in [-0.4, -0.2) is 64.5 Å². The molecular formula is C17H21NO7S. The van der Waals surface area contributed by atoms with Gasteiger partial charge < -0.3 is 19.8 Å². The molecule has 1 spiro atoms. The van der Waals surface area contributed by atoms with Crippen LogP contribution in [0.3, 0.4) is 0 Å². The summed E-state index contributed by atoms with van der Waals surface area (Å²) in [4.78, 5) is 2.43. The van der Waals surface area contributed by atoms with Crippen LogP contribution in [0.1, 0.15) is 17.5 Å². The van der Waals surface area contributed by atoms with E-state index in [1.807, 2.05) is 12.1 Å². The lowest BCUT2D eigenvalue weighted by atomic mass is 9.53. The van der Waals surface area contributed by atoms with E-state index in [4.69, 9.17) is 22.3 Å². The van der Waals surface area contributed by atoms with Gasteiger partial charge in [-0.15, -0.1) is 0 Å². The number of piperidine rings is 1. The van der Waals surface area contributed by atoms with Gasteiger partial charge in [-0.1, -0.05) is 18.2 Å². The molecule has 4 aliphatic rings. The predicted molar refractivity (Wildman–Crippen MR) is 91.8 cm³/mol. The van der Waals surface area contributed by atoms with Gasteiger partial charge in [0.1, 0.15) is 12.2 Å². The highest BCUT2D eigenvalue weighted by molar-refractivity contribution is 7.79. The molecule has 2 heterocycles. The third-order valence-electron chi connectivity index (χ3n) is 6.15. The number of phenols is 1. The van der Waals surface area contributed by atoms with Crippen molar-refractivity contribution in [3.05, 3.63) is 35.4 Å². The van der Waals surface area contributed by atoms with E-state index < -0.39 is 16.5 Å². The number of hydrogen-bond donors (Lipinski definition) is 4. The van der Waals surface area contributed by atoms with Gasteiger partial charge in [0.05, 0.1) is 0 Å². The number of hydrogen-bond acceptors (Lipinski definition) is 6. The summed E-state index contributed by atoms with van der Waals surface area (Å²) in [6.45, 7) is 1.01. The molecule has 0 aromatic heterocycles. The lowest BCUT2D eigenvalue weighted by Crippen LogP contribution is -2.64. The molecule has 5 atom stereocenters. The highest BCUT2D eigenvalue weighted by atomic mass is 32.3. The van der Waals surface area contributed by atoms with Crippen molar-refractivity contribution < 1.29 is 32.5 Å². The summed E-state index contributed by atoms with van der Waals surface area (Å²) in [7, 11) is -2.48. The Hall–Kier alpha value is -1.65. The molecule has 2 aliphatic carbocycles. The van der Waals surface area contributed by atoms with Crippen molar-refractivity contribution in [2.24, 2.45) is 5.92 Å². The van der Waals surface area contributed by atoms with Gasteiger partial charge in [-0.25, -0.2) is 0 Å². The van der Waals surface area contributed by atoms with Gasteiger partial charge in [-0.2, -0.15) is 8.42 Å². The summed E-state index contributed by atoms with van der Waals surface area (Å²) in [6.07, 6.45) is 5.18. The Bertz CT molecular complexity index is 875. The van der Waals surface area contributed by atoms with E-state index in [0.29, 0.717) is 17.7 Å². The van der Waals surface area contributed by atoms with Gasteiger partial charge >= 0.3 is 10.4 Å².